The minimum absolute atomic E-state index is 0.0330. The van der Waals surface area contributed by atoms with Crippen molar-refractivity contribution in [1.29, 1.82) is 0 Å². The average molecular weight is 414 g/mol. The Bertz CT molecular complexity index is 720. The van der Waals surface area contributed by atoms with Crippen LogP contribution in [-0.4, -0.2) is 43.5 Å². The maximum Gasteiger partial charge on any atom is 0.573 e. The molecule has 1 heterocycles. The zero-order valence-electron chi connectivity index (χ0n) is 14.2. The molecule has 2 amide bonds. The van der Waals surface area contributed by atoms with E-state index in [1.807, 2.05) is 0 Å². The van der Waals surface area contributed by atoms with Gasteiger partial charge in [0.05, 0.1) is 18.6 Å². The number of alkyl halides is 6. The van der Waals surface area contributed by atoms with Crippen LogP contribution in [0, 0.1) is 0 Å². The molecule has 1 fully saturated rings. The summed E-state index contributed by atoms with van der Waals surface area (Å²) in [4.78, 5) is 23.8. The van der Waals surface area contributed by atoms with E-state index >= 15 is 0 Å². The lowest BCUT2D eigenvalue weighted by Crippen LogP contribution is -2.45. The summed E-state index contributed by atoms with van der Waals surface area (Å²) < 4.78 is 82.7. The molecule has 0 bridgehead atoms. The fraction of sp³-hybridized carbons (Fsp3) is 0.500. The molecule has 1 aromatic carbocycles. The van der Waals surface area contributed by atoms with E-state index in [1.165, 1.54) is 0 Å². The van der Waals surface area contributed by atoms with Crippen LogP contribution in [0.15, 0.2) is 18.2 Å². The van der Waals surface area contributed by atoms with Crippen molar-refractivity contribution in [2.75, 3.05) is 13.2 Å². The third-order valence-electron chi connectivity index (χ3n) is 3.65. The Morgan fingerprint density at radius 2 is 1.93 bits per heavy atom. The van der Waals surface area contributed by atoms with Gasteiger partial charge in [-0.3, -0.25) is 9.59 Å². The molecule has 1 atom stereocenters. The first-order valence-electron chi connectivity index (χ1n) is 8.10. The van der Waals surface area contributed by atoms with Crippen LogP contribution in [0.2, 0.25) is 0 Å². The zero-order chi connectivity index (χ0) is 20.9. The number of piperidine rings is 1. The highest BCUT2D eigenvalue weighted by atomic mass is 19.4. The Labute approximate surface area is 155 Å². The van der Waals surface area contributed by atoms with Gasteiger partial charge in [-0.15, -0.1) is 13.2 Å². The summed E-state index contributed by atoms with van der Waals surface area (Å²) in [5, 5.41) is 5.01. The standard InChI is InChI=1S/C16H16F6N2O4/c17-15(18,19)4-6-27-12-2-1-10(28-16(20,21)22)8-11(12)14(26)24-9-3-5-23-13(25)7-9/h1-2,8-9H,3-7H2,(H,23,25)(H,24,26). The van der Waals surface area contributed by atoms with Gasteiger partial charge in [-0.1, -0.05) is 0 Å². The minimum atomic E-state index is -5.02. The Morgan fingerprint density at radius 3 is 2.54 bits per heavy atom. The predicted molar refractivity (Wildman–Crippen MR) is 82.8 cm³/mol. The molecule has 1 unspecified atom stereocenters. The predicted octanol–water partition coefficient (Wildman–Crippen LogP) is 2.92. The average Bonchev–Trinajstić information content (AvgIpc) is 2.53. The first kappa shape index (κ1) is 21.6. The highest BCUT2D eigenvalue weighted by Crippen LogP contribution is 2.29. The number of nitrogens with one attached hydrogen (secondary N) is 2. The van der Waals surface area contributed by atoms with Gasteiger partial charge in [-0.05, 0) is 24.6 Å². The van der Waals surface area contributed by atoms with Crippen molar-refractivity contribution in [1.82, 2.24) is 10.6 Å². The fourth-order valence-electron chi connectivity index (χ4n) is 2.46. The second kappa shape index (κ2) is 8.57. The molecule has 12 heteroatoms. The van der Waals surface area contributed by atoms with E-state index in [0.717, 1.165) is 12.1 Å². The summed E-state index contributed by atoms with van der Waals surface area (Å²) in [6.07, 6.45) is -10.5. The number of amides is 2. The molecule has 28 heavy (non-hydrogen) atoms. The zero-order valence-corrected chi connectivity index (χ0v) is 14.2. The molecular formula is C16H16F6N2O4. The summed E-state index contributed by atoms with van der Waals surface area (Å²) in [7, 11) is 0. The Balaban J connectivity index is 2.18. The molecule has 0 saturated carbocycles. The molecule has 0 radical (unpaired) electrons. The largest absolute Gasteiger partial charge is 0.573 e. The van der Waals surface area contributed by atoms with Gasteiger partial charge in [0, 0.05) is 19.0 Å². The van der Waals surface area contributed by atoms with E-state index in [9.17, 15) is 35.9 Å². The van der Waals surface area contributed by atoms with Gasteiger partial charge in [0.25, 0.3) is 5.91 Å². The second-order valence-electron chi connectivity index (χ2n) is 5.93. The summed E-state index contributed by atoms with van der Waals surface area (Å²) in [5.41, 5.74) is -0.435. The molecule has 0 aromatic heterocycles. The summed E-state index contributed by atoms with van der Waals surface area (Å²) in [5.74, 6) is -2.28. The van der Waals surface area contributed by atoms with Gasteiger partial charge in [-0.25, -0.2) is 0 Å². The molecule has 6 nitrogen and oxygen atoms in total. The van der Waals surface area contributed by atoms with Crippen LogP contribution < -0.4 is 20.1 Å². The number of carbonyl (C=O) groups excluding carboxylic acids is 2. The molecule has 156 valence electrons. The first-order valence-corrected chi connectivity index (χ1v) is 8.10. The normalized spacial score (nSPS) is 17.6. The number of halogens is 6. The summed E-state index contributed by atoms with van der Waals surface area (Å²) in [6, 6.07) is 1.88. The Morgan fingerprint density at radius 1 is 1.21 bits per heavy atom. The van der Waals surface area contributed by atoms with Crippen LogP contribution in [0.25, 0.3) is 0 Å². The van der Waals surface area contributed by atoms with Crippen molar-refractivity contribution in [2.24, 2.45) is 0 Å². The van der Waals surface area contributed by atoms with Crippen molar-refractivity contribution < 1.29 is 45.4 Å². The van der Waals surface area contributed by atoms with Gasteiger partial charge < -0.3 is 20.1 Å². The molecule has 1 aliphatic heterocycles. The molecule has 1 aliphatic rings. The van der Waals surface area contributed by atoms with Crippen molar-refractivity contribution in [3.63, 3.8) is 0 Å². The van der Waals surface area contributed by atoms with Gasteiger partial charge in [0.1, 0.15) is 11.5 Å². The minimum Gasteiger partial charge on any atom is -0.492 e. The van der Waals surface area contributed by atoms with Gasteiger partial charge in [0.15, 0.2) is 0 Å². The number of rotatable bonds is 6. The van der Waals surface area contributed by atoms with E-state index in [0.29, 0.717) is 19.0 Å². The van der Waals surface area contributed by atoms with Gasteiger partial charge in [0.2, 0.25) is 5.91 Å². The van der Waals surface area contributed by atoms with Gasteiger partial charge >= 0.3 is 12.5 Å². The van der Waals surface area contributed by atoms with Crippen LogP contribution in [0.4, 0.5) is 26.3 Å². The smallest absolute Gasteiger partial charge is 0.492 e. The lowest BCUT2D eigenvalue weighted by Gasteiger charge is -2.23. The van der Waals surface area contributed by atoms with E-state index in [-0.39, 0.29) is 18.1 Å². The Kier molecular flexibility index (Phi) is 6.62. The van der Waals surface area contributed by atoms with Crippen molar-refractivity contribution in [2.45, 2.75) is 37.8 Å². The topological polar surface area (TPSA) is 76.7 Å². The molecule has 2 rings (SSSR count). The third-order valence-corrected chi connectivity index (χ3v) is 3.65. The monoisotopic (exact) mass is 414 g/mol. The maximum absolute atomic E-state index is 12.4. The van der Waals surface area contributed by atoms with E-state index in [4.69, 9.17) is 4.74 Å². The lowest BCUT2D eigenvalue weighted by atomic mass is 10.1. The SMILES string of the molecule is O=C1CC(NC(=O)c2cc(OC(F)(F)F)ccc2OCCC(F)(F)F)CCN1. The first-order chi connectivity index (χ1) is 12.9. The van der Waals surface area contributed by atoms with Crippen molar-refractivity contribution in [3.05, 3.63) is 23.8 Å². The maximum atomic E-state index is 12.4. The molecule has 0 aliphatic carbocycles. The van der Waals surface area contributed by atoms with Gasteiger partial charge in [-0.2, -0.15) is 13.2 Å². The molecule has 2 N–H and O–H groups in total. The number of hydrogen-bond acceptors (Lipinski definition) is 4. The van der Waals surface area contributed by atoms with Crippen LogP contribution >= 0.6 is 0 Å². The quantitative estimate of drug-likeness (QED) is 0.702. The molecule has 1 aromatic rings. The van der Waals surface area contributed by atoms with Crippen LogP contribution in [-0.2, 0) is 4.79 Å². The second-order valence-corrected chi connectivity index (χ2v) is 5.93. The third kappa shape index (κ3) is 7.16. The number of carbonyl (C=O) groups is 2. The highest BCUT2D eigenvalue weighted by Gasteiger charge is 2.32. The molecular weight excluding hydrogens is 398 g/mol. The molecule has 1 saturated heterocycles. The van der Waals surface area contributed by atoms with Crippen molar-refractivity contribution in [3.8, 4) is 11.5 Å². The van der Waals surface area contributed by atoms with Crippen LogP contribution in [0.3, 0.4) is 0 Å². The van der Waals surface area contributed by atoms with E-state index in [1.54, 1.807) is 0 Å². The lowest BCUT2D eigenvalue weighted by molar-refractivity contribution is -0.274. The highest BCUT2D eigenvalue weighted by molar-refractivity contribution is 5.98. The number of ether oxygens (including phenoxy) is 2. The Hall–Kier alpha value is -2.66. The van der Waals surface area contributed by atoms with E-state index in [2.05, 4.69) is 15.4 Å². The fourth-order valence-corrected chi connectivity index (χ4v) is 2.46. The van der Waals surface area contributed by atoms with E-state index < -0.39 is 48.8 Å². The van der Waals surface area contributed by atoms with Crippen LogP contribution in [0.5, 0.6) is 11.5 Å². The number of benzene rings is 1. The van der Waals surface area contributed by atoms with Crippen molar-refractivity contribution >= 4 is 11.8 Å². The van der Waals surface area contributed by atoms with Crippen LogP contribution in [0.1, 0.15) is 29.6 Å². The molecule has 0 spiro atoms. The summed E-state index contributed by atoms with van der Waals surface area (Å²) in [6.45, 7) is -0.523. The summed E-state index contributed by atoms with van der Waals surface area (Å²) >= 11 is 0. The number of hydrogen-bond donors (Lipinski definition) is 2.